The average molecular weight is 427 g/mol. The van der Waals surface area contributed by atoms with Gasteiger partial charge in [-0.05, 0) is 17.8 Å². The van der Waals surface area contributed by atoms with Crippen LogP contribution in [0.1, 0.15) is 76.4 Å². The van der Waals surface area contributed by atoms with E-state index in [1.807, 2.05) is 0 Å². The molecule has 0 bridgehead atoms. The van der Waals surface area contributed by atoms with Gasteiger partial charge in [-0.15, -0.1) is 0 Å². The maximum atomic E-state index is 4.93. The van der Waals surface area contributed by atoms with Gasteiger partial charge >= 0.3 is 0 Å². The van der Waals surface area contributed by atoms with Crippen molar-refractivity contribution in [3.05, 3.63) is 60.5 Å². The predicted octanol–water partition coefficient (Wildman–Crippen LogP) is 4.82. The van der Waals surface area contributed by atoms with E-state index in [2.05, 4.69) is 71.4 Å². The lowest BCUT2D eigenvalue weighted by Gasteiger charge is -2.04. The van der Waals surface area contributed by atoms with Crippen LogP contribution in [-0.2, 0) is 0 Å². The van der Waals surface area contributed by atoms with Crippen LogP contribution in [0.2, 0.25) is 0 Å². The second-order valence-corrected chi connectivity index (χ2v) is 7.56. The van der Waals surface area contributed by atoms with Gasteiger partial charge < -0.3 is 9.47 Å². The van der Waals surface area contributed by atoms with Crippen molar-refractivity contribution in [3.8, 4) is 11.8 Å². The monoisotopic (exact) mass is 426 g/mol. The first-order chi connectivity index (χ1) is 14.8. The van der Waals surface area contributed by atoms with Crippen LogP contribution >= 0.6 is 0 Å². The molecule has 0 aliphatic heterocycles. The Morgan fingerprint density at radius 3 is 1.55 bits per heavy atom. The number of hydrogen-bond acceptors (Lipinski definition) is 8. The molecule has 8 nitrogen and oxygen atoms in total. The molecule has 3 aromatic rings. The number of methoxy groups -OCH3 is 2. The van der Waals surface area contributed by atoms with Gasteiger partial charge in [-0.1, -0.05) is 41.5 Å². The van der Waals surface area contributed by atoms with Crippen molar-refractivity contribution < 1.29 is 9.47 Å². The molecule has 3 rings (SSSR count). The molecule has 0 unspecified atom stereocenters. The van der Waals surface area contributed by atoms with Gasteiger partial charge in [0.2, 0.25) is 11.8 Å². The lowest BCUT2D eigenvalue weighted by Crippen LogP contribution is -1.96. The maximum absolute atomic E-state index is 4.93. The zero-order valence-corrected chi connectivity index (χ0v) is 19.8. The van der Waals surface area contributed by atoms with Crippen LogP contribution in [-0.4, -0.2) is 44.1 Å². The zero-order chi connectivity index (χ0) is 23.2. The summed E-state index contributed by atoms with van der Waals surface area (Å²) in [5, 5.41) is 0. The number of ether oxygens (including phenoxy) is 2. The van der Waals surface area contributed by atoms with E-state index >= 15 is 0 Å². The van der Waals surface area contributed by atoms with Gasteiger partial charge in [0.1, 0.15) is 0 Å². The first-order valence-electron chi connectivity index (χ1n) is 10.3. The molecule has 0 aliphatic carbocycles. The molecule has 0 N–H and O–H groups in total. The standard InChI is InChI=1S/2C8H12N2O.C7H10N2/c1-6(2)7-4-10-8(11-3)5-9-7;1-6(2)7-4-9-5-8(10-7)11-3;1-6(2)7-5-8-3-4-9-7/h2*4-6H,1-3H3;3-6H,1-2H3. The Labute approximate surface area is 185 Å². The Morgan fingerprint density at radius 2 is 1.13 bits per heavy atom. The molecule has 3 aromatic heterocycles. The van der Waals surface area contributed by atoms with Crippen molar-refractivity contribution in [2.75, 3.05) is 14.2 Å². The summed E-state index contributed by atoms with van der Waals surface area (Å²) in [5.74, 6) is 2.45. The third-order valence-electron chi connectivity index (χ3n) is 4.06. The molecule has 3 heterocycles. The van der Waals surface area contributed by atoms with Gasteiger partial charge in [0.05, 0.1) is 49.9 Å². The van der Waals surface area contributed by atoms with Crippen molar-refractivity contribution in [2.45, 2.75) is 59.3 Å². The molecule has 0 atom stereocenters. The van der Waals surface area contributed by atoms with Crippen LogP contribution < -0.4 is 9.47 Å². The van der Waals surface area contributed by atoms with Gasteiger partial charge in [-0.3, -0.25) is 19.9 Å². The first kappa shape index (κ1) is 25.9. The summed E-state index contributed by atoms with van der Waals surface area (Å²) in [6, 6.07) is 0. The van der Waals surface area contributed by atoms with Crippen LogP contribution in [0.3, 0.4) is 0 Å². The van der Waals surface area contributed by atoms with Gasteiger partial charge in [-0.25, -0.2) is 9.97 Å². The van der Waals surface area contributed by atoms with E-state index in [-0.39, 0.29) is 0 Å². The van der Waals surface area contributed by atoms with Crippen molar-refractivity contribution in [2.24, 2.45) is 0 Å². The molecule has 0 aliphatic rings. The lowest BCUT2D eigenvalue weighted by molar-refractivity contribution is 0.393. The van der Waals surface area contributed by atoms with Crippen molar-refractivity contribution in [1.82, 2.24) is 29.9 Å². The lowest BCUT2D eigenvalue weighted by atomic mass is 10.1. The summed E-state index contributed by atoms with van der Waals surface area (Å²) in [5.41, 5.74) is 3.01. The Morgan fingerprint density at radius 1 is 0.548 bits per heavy atom. The first-order valence-corrected chi connectivity index (χ1v) is 10.3. The van der Waals surface area contributed by atoms with Gasteiger partial charge in [0.25, 0.3) is 0 Å². The maximum Gasteiger partial charge on any atom is 0.232 e. The minimum atomic E-state index is 0.401. The molecular weight excluding hydrogens is 392 g/mol. The minimum Gasteiger partial charge on any atom is -0.480 e. The molecule has 0 spiro atoms. The van der Waals surface area contributed by atoms with Crippen LogP contribution in [0.25, 0.3) is 0 Å². The molecule has 8 heteroatoms. The fourth-order valence-electron chi connectivity index (χ4n) is 2.08. The summed E-state index contributed by atoms with van der Waals surface area (Å²) >= 11 is 0. The molecule has 0 amide bonds. The Balaban J connectivity index is 0.000000234. The largest absolute Gasteiger partial charge is 0.480 e. The van der Waals surface area contributed by atoms with Crippen LogP contribution in [0.5, 0.6) is 11.8 Å². The minimum absolute atomic E-state index is 0.401. The number of nitrogens with zero attached hydrogens (tertiary/aromatic N) is 6. The highest BCUT2D eigenvalue weighted by Crippen LogP contribution is 2.13. The SMILES string of the molecule is CC(C)c1cnccn1.COc1cnc(C(C)C)cn1.COc1cncc(C(C)C)n1. The summed E-state index contributed by atoms with van der Waals surface area (Å²) in [4.78, 5) is 24.4. The van der Waals surface area contributed by atoms with E-state index in [9.17, 15) is 0 Å². The Hall–Kier alpha value is -3.16. The van der Waals surface area contributed by atoms with Crippen molar-refractivity contribution in [1.29, 1.82) is 0 Å². The number of aromatic nitrogens is 6. The quantitative estimate of drug-likeness (QED) is 0.573. The highest BCUT2D eigenvalue weighted by Gasteiger charge is 2.02. The van der Waals surface area contributed by atoms with E-state index < -0.39 is 0 Å². The van der Waals surface area contributed by atoms with E-state index in [1.54, 1.807) is 57.6 Å². The second kappa shape index (κ2) is 14.0. The fourth-order valence-corrected chi connectivity index (χ4v) is 2.08. The molecule has 168 valence electrons. The molecular formula is C23H34N6O2. The van der Waals surface area contributed by atoms with E-state index in [1.165, 1.54) is 0 Å². The molecule has 0 saturated heterocycles. The van der Waals surface area contributed by atoms with Crippen molar-refractivity contribution >= 4 is 0 Å². The third-order valence-corrected chi connectivity index (χ3v) is 4.06. The summed E-state index contributed by atoms with van der Waals surface area (Å²) in [6.45, 7) is 12.5. The zero-order valence-electron chi connectivity index (χ0n) is 19.8. The van der Waals surface area contributed by atoms with Crippen LogP contribution in [0.15, 0.2) is 43.4 Å². The van der Waals surface area contributed by atoms with Crippen LogP contribution in [0.4, 0.5) is 0 Å². The third kappa shape index (κ3) is 9.93. The fraction of sp³-hybridized carbons (Fsp3) is 0.478. The highest BCUT2D eigenvalue weighted by molar-refractivity contribution is 5.10. The van der Waals surface area contributed by atoms with Crippen LogP contribution in [0, 0.1) is 0 Å². The molecule has 0 fully saturated rings. The Bertz CT molecular complexity index is 855. The summed E-state index contributed by atoms with van der Waals surface area (Å²) in [6.07, 6.45) is 11.9. The highest BCUT2D eigenvalue weighted by atomic mass is 16.5. The topological polar surface area (TPSA) is 95.8 Å². The smallest absolute Gasteiger partial charge is 0.232 e. The predicted molar refractivity (Wildman–Crippen MR) is 121 cm³/mol. The normalized spacial score (nSPS) is 10.2. The molecule has 0 aromatic carbocycles. The molecule has 0 saturated carbocycles. The van der Waals surface area contributed by atoms with E-state index in [0.29, 0.717) is 29.5 Å². The Kier molecular flexibility index (Phi) is 11.6. The second-order valence-electron chi connectivity index (χ2n) is 7.56. The number of rotatable bonds is 5. The van der Waals surface area contributed by atoms with Crippen molar-refractivity contribution in [3.63, 3.8) is 0 Å². The van der Waals surface area contributed by atoms with Gasteiger partial charge in [0, 0.05) is 24.8 Å². The van der Waals surface area contributed by atoms with E-state index in [0.717, 1.165) is 17.1 Å². The number of hydrogen-bond donors (Lipinski definition) is 0. The van der Waals surface area contributed by atoms with E-state index in [4.69, 9.17) is 9.47 Å². The average Bonchev–Trinajstić information content (AvgIpc) is 2.80. The van der Waals surface area contributed by atoms with Gasteiger partial charge in [-0.2, -0.15) is 0 Å². The summed E-state index contributed by atoms with van der Waals surface area (Å²) < 4.78 is 9.81. The molecule has 0 radical (unpaired) electrons. The summed E-state index contributed by atoms with van der Waals surface area (Å²) in [7, 11) is 3.17. The van der Waals surface area contributed by atoms with Gasteiger partial charge in [0.15, 0.2) is 0 Å². The molecule has 31 heavy (non-hydrogen) atoms.